The predicted molar refractivity (Wildman–Crippen MR) is 267 cm³/mol. The summed E-state index contributed by atoms with van der Waals surface area (Å²) >= 11 is 0. The van der Waals surface area contributed by atoms with Gasteiger partial charge in [-0.15, -0.1) is 0 Å². The third-order valence-electron chi connectivity index (χ3n) is 9.96. The number of rotatable bonds is 0. The zero-order valence-electron chi connectivity index (χ0n) is 45.4. The number of hydrogen-bond acceptors (Lipinski definition) is 8. The first-order valence-corrected chi connectivity index (χ1v) is 24.7. The van der Waals surface area contributed by atoms with E-state index in [0.717, 1.165) is 45.9 Å². The van der Waals surface area contributed by atoms with Gasteiger partial charge in [0.25, 0.3) is 0 Å². The van der Waals surface area contributed by atoms with Crippen LogP contribution in [0.15, 0.2) is 0 Å². The lowest BCUT2D eigenvalue weighted by Crippen LogP contribution is -2.51. The first kappa shape index (κ1) is 67.1. The van der Waals surface area contributed by atoms with E-state index in [2.05, 4.69) is 108 Å². The number of cyclic esters (lactones) is 1. The number of amides is 1. The third-order valence-corrected chi connectivity index (χ3v) is 9.96. The highest BCUT2D eigenvalue weighted by Gasteiger charge is 2.31. The number of hydrogen-bond donors (Lipinski definition) is 1. The van der Waals surface area contributed by atoms with Crippen LogP contribution < -0.4 is 5.32 Å². The molecule has 0 unspecified atom stereocenters. The SMILES string of the molecule is CC.CC.CC.CC.CC.CC(C)(C)N1CCCC1.CC(C)(C)N1CCCCC1.CC(C)(C)N1CCNCC1.CC(C)(C)N1CCOC1=O.CC(C)(C)N1CCOCC1. The van der Waals surface area contributed by atoms with Crippen molar-refractivity contribution in [2.75, 3.05) is 91.8 Å². The van der Waals surface area contributed by atoms with Gasteiger partial charge in [-0.3, -0.25) is 24.5 Å². The van der Waals surface area contributed by atoms with E-state index in [1.807, 2.05) is 90.0 Å². The fourth-order valence-corrected chi connectivity index (χ4v) is 6.53. The van der Waals surface area contributed by atoms with E-state index in [9.17, 15) is 4.79 Å². The summed E-state index contributed by atoms with van der Waals surface area (Å²) in [6.45, 7) is 68.5. The number of nitrogens with zero attached hydrogens (tertiary/aromatic N) is 5. The van der Waals surface area contributed by atoms with Crippen LogP contribution in [0, 0.1) is 0 Å². The molecule has 0 aromatic rings. The quantitative estimate of drug-likeness (QED) is 0.259. The fourth-order valence-electron chi connectivity index (χ4n) is 6.53. The number of carbonyl (C=O) groups excluding carboxylic acids is 1. The smallest absolute Gasteiger partial charge is 0.410 e. The molecule has 5 fully saturated rings. The minimum absolute atomic E-state index is 0.0897. The Morgan fingerprint density at radius 3 is 0.864 bits per heavy atom. The Morgan fingerprint density at radius 2 is 0.661 bits per heavy atom. The summed E-state index contributed by atoms with van der Waals surface area (Å²) in [5.41, 5.74) is 1.41. The van der Waals surface area contributed by atoms with E-state index in [4.69, 9.17) is 9.47 Å². The Morgan fingerprint density at radius 1 is 0.373 bits per heavy atom. The maximum absolute atomic E-state index is 10.9. The normalized spacial score (nSPS) is 19.1. The molecule has 0 aromatic carbocycles. The van der Waals surface area contributed by atoms with E-state index < -0.39 is 0 Å². The second kappa shape index (κ2) is 37.6. The second-order valence-corrected chi connectivity index (χ2v) is 19.2. The van der Waals surface area contributed by atoms with Crippen LogP contribution in [0.3, 0.4) is 0 Å². The number of carbonyl (C=O) groups is 1. The number of piperazine rings is 1. The molecule has 0 saturated carbocycles. The number of likely N-dealkylation sites (tertiary alicyclic amines) is 2. The van der Waals surface area contributed by atoms with Crippen molar-refractivity contribution < 1.29 is 14.3 Å². The topological polar surface area (TPSA) is 63.8 Å². The summed E-state index contributed by atoms with van der Waals surface area (Å²) in [6, 6.07) is 0. The molecule has 0 atom stereocenters. The summed E-state index contributed by atoms with van der Waals surface area (Å²) in [5, 5.41) is 3.35. The third kappa shape index (κ3) is 35.2. The highest BCUT2D eigenvalue weighted by atomic mass is 16.6. The van der Waals surface area contributed by atoms with Crippen LogP contribution in [0.2, 0.25) is 0 Å². The number of nitrogens with one attached hydrogen (secondary N) is 1. The Labute approximate surface area is 373 Å². The summed E-state index contributed by atoms with van der Waals surface area (Å²) in [5.74, 6) is 0. The Bertz CT molecular complexity index is 806. The lowest BCUT2D eigenvalue weighted by molar-refractivity contribution is -0.00389. The molecule has 362 valence electrons. The van der Waals surface area contributed by atoms with E-state index in [1.54, 1.807) is 4.90 Å². The molecule has 0 radical (unpaired) electrons. The molecular formula is C50H114N6O3. The molecule has 9 heteroatoms. The molecule has 9 nitrogen and oxygen atoms in total. The van der Waals surface area contributed by atoms with Crippen molar-refractivity contribution in [2.24, 2.45) is 0 Å². The van der Waals surface area contributed by atoms with Gasteiger partial charge in [0.1, 0.15) is 6.61 Å². The van der Waals surface area contributed by atoms with Gasteiger partial charge in [-0.25, -0.2) is 4.79 Å². The van der Waals surface area contributed by atoms with Crippen molar-refractivity contribution in [3.05, 3.63) is 0 Å². The molecule has 1 N–H and O–H groups in total. The number of piperidine rings is 1. The molecule has 59 heavy (non-hydrogen) atoms. The number of morpholine rings is 1. The maximum atomic E-state index is 10.9. The lowest BCUT2D eigenvalue weighted by atomic mass is 10.0. The monoisotopic (exact) mass is 847 g/mol. The summed E-state index contributed by atoms with van der Waals surface area (Å²) in [7, 11) is 0. The van der Waals surface area contributed by atoms with Crippen molar-refractivity contribution in [3.63, 3.8) is 0 Å². The minimum Gasteiger partial charge on any atom is -0.448 e. The number of ether oxygens (including phenoxy) is 2. The molecule has 5 saturated heterocycles. The van der Waals surface area contributed by atoms with Gasteiger partial charge in [-0.2, -0.15) is 0 Å². The molecule has 0 aromatic heterocycles. The molecule has 0 aliphatic carbocycles. The van der Waals surface area contributed by atoms with Gasteiger partial charge in [0.15, 0.2) is 0 Å². The van der Waals surface area contributed by atoms with Crippen LogP contribution in [0.5, 0.6) is 0 Å². The molecule has 1 amide bonds. The van der Waals surface area contributed by atoms with Crippen LogP contribution in [-0.2, 0) is 9.47 Å². The van der Waals surface area contributed by atoms with Crippen LogP contribution >= 0.6 is 0 Å². The average Bonchev–Trinajstić information content (AvgIpc) is 3.93. The zero-order chi connectivity index (χ0) is 47.5. The highest BCUT2D eigenvalue weighted by Crippen LogP contribution is 2.21. The molecule has 0 bridgehead atoms. The van der Waals surface area contributed by atoms with Gasteiger partial charge in [0, 0.05) is 67.0 Å². The minimum atomic E-state index is -0.187. The summed E-state index contributed by atoms with van der Waals surface area (Å²) in [6.07, 6.45) is 6.85. The van der Waals surface area contributed by atoms with E-state index >= 15 is 0 Å². The van der Waals surface area contributed by atoms with E-state index in [0.29, 0.717) is 28.8 Å². The molecule has 0 spiro atoms. The summed E-state index contributed by atoms with van der Waals surface area (Å²) in [4.78, 5) is 22.8. The van der Waals surface area contributed by atoms with E-state index in [1.165, 1.54) is 71.4 Å². The van der Waals surface area contributed by atoms with Gasteiger partial charge >= 0.3 is 6.09 Å². The van der Waals surface area contributed by atoms with Gasteiger partial charge in [0.2, 0.25) is 0 Å². The van der Waals surface area contributed by atoms with Crippen molar-refractivity contribution in [3.8, 4) is 0 Å². The first-order chi connectivity index (χ1) is 27.4. The Balaban J connectivity index is -0.000000195. The molecule has 5 aliphatic rings. The van der Waals surface area contributed by atoms with Crippen molar-refractivity contribution >= 4 is 6.09 Å². The first-order valence-electron chi connectivity index (χ1n) is 24.7. The maximum Gasteiger partial charge on any atom is 0.410 e. The average molecular weight is 848 g/mol. The van der Waals surface area contributed by atoms with Crippen molar-refractivity contribution in [1.29, 1.82) is 0 Å². The van der Waals surface area contributed by atoms with E-state index in [-0.39, 0.29) is 11.6 Å². The van der Waals surface area contributed by atoms with Crippen molar-refractivity contribution in [2.45, 2.75) is 233 Å². The summed E-state index contributed by atoms with van der Waals surface area (Å²) < 4.78 is 10.0. The predicted octanol–water partition coefficient (Wildman–Crippen LogP) is 12.3. The van der Waals surface area contributed by atoms with Gasteiger partial charge < -0.3 is 14.8 Å². The van der Waals surface area contributed by atoms with Crippen LogP contribution in [0.4, 0.5) is 4.79 Å². The standard InChI is InChI=1S/C9H19N.C8H18N2.C8H17NO.C8H17N.C7H13NO2.5C2H6/c1-9(2,3)10-7-5-4-6-8-10;1-8(2,3)10-6-4-9-5-7-10;1-8(2,3)9-4-6-10-7-5-9;1-8(2,3)9-6-4-5-7-9;1-7(2,3)8-4-5-10-6(8)9;5*1-2/h4-8H2,1-3H3;9H,4-7H2,1-3H3;4-7H2,1-3H3;4-7H2,1-3H3;4-5H2,1-3H3;5*1-2H3. The molecular weight excluding hydrogens is 733 g/mol. The Hall–Kier alpha value is -0.970. The van der Waals surface area contributed by atoms with Gasteiger partial charge in [-0.1, -0.05) is 75.7 Å². The molecule has 5 heterocycles. The van der Waals surface area contributed by atoms with Gasteiger partial charge in [-0.05, 0) is 156 Å². The molecule has 5 rings (SSSR count). The fraction of sp³-hybridized carbons (Fsp3) is 0.980. The van der Waals surface area contributed by atoms with Gasteiger partial charge in [0.05, 0.1) is 19.8 Å². The van der Waals surface area contributed by atoms with Crippen molar-refractivity contribution in [1.82, 2.24) is 29.8 Å². The van der Waals surface area contributed by atoms with Crippen LogP contribution in [0.1, 0.15) is 205 Å². The largest absolute Gasteiger partial charge is 0.448 e. The molecule has 5 aliphatic heterocycles. The second-order valence-electron chi connectivity index (χ2n) is 19.2. The lowest BCUT2D eigenvalue weighted by Gasteiger charge is -2.38. The highest BCUT2D eigenvalue weighted by molar-refractivity contribution is 5.70. The van der Waals surface area contributed by atoms with Crippen LogP contribution in [-0.4, -0.2) is 150 Å². The Kier molecular flexibility index (Phi) is 42.7. The zero-order valence-corrected chi connectivity index (χ0v) is 45.4. The van der Waals surface area contributed by atoms with Crippen LogP contribution in [0.25, 0.3) is 0 Å².